The molecule has 0 spiro atoms. The molecule has 6 nitrogen and oxygen atoms in total. The Kier molecular flexibility index (Phi) is 6.87. The van der Waals surface area contributed by atoms with E-state index in [2.05, 4.69) is 10.3 Å². The highest BCUT2D eigenvalue weighted by Crippen LogP contribution is 2.28. The van der Waals surface area contributed by atoms with Gasteiger partial charge < -0.3 is 5.32 Å². The van der Waals surface area contributed by atoms with E-state index in [0.717, 1.165) is 0 Å². The summed E-state index contributed by atoms with van der Waals surface area (Å²) in [6.07, 6.45) is 1.27. The highest BCUT2D eigenvalue weighted by atomic mass is 35.5. The third-order valence-corrected chi connectivity index (χ3v) is 6.79. The fraction of sp³-hybridized carbons (Fsp3) is 0.250. The number of anilines is 1. The maximum Gasteiger partial charge on any atom is 0.257 e. The number of rotatable bonds is 6. The molecule has 0 radical (unpaired) electrons. The Morgan fingerprint density at radius 1 is 1.12 bits per heavy atom. The van der Waals surface area contributed by atoms with Gasteiger partial charge in [0.15, 0.2) is 0 Å². The van der Waals surface area contributed by atoms with Crippen LogP contribution in [-0.2, 0) is 10.0 Å². The minimum atomic E-state index is -3.77. The average molecular weight is 437 g/mol. The lowest BCUT2D eigenvalue weighted by Gasteiger charge is -2.19. The van der Waals surface area contributed by atoms with Crippen molar-refractivity contribution >= 4 is 56.4 Å². The van der Waals surface area contributed by atoms with Gasteiger partial charge in [0.25, 0.3) is 5.91 Å². The number of hydrogen-bond acceptors (Lipinski definition) is 4. The van der Waals surface area contributed by atoms with E-state index >= 15 is 0 Å². The normalized spacial score (nSPS) is 11.6. The number of benzene rings is 1. The van der Waals surface area contributed by atoms with Gasteiger partial charge in [-0.15, -0.1) is 0 Å². The first-order chi connectivity index (χ1) is 12.2. The third kappa shape index (κ3) is 4.47. The maximum absolute atomic E-state index is 12.7. The SMILES string of the molecule is CCN(CC)S(=O)(=O)c1cc(NC(=O)c2cnc(Cl)c(Cl)c2)ccc1Cl. The Hall–Kier alpha value is -1.38. The van der Waals surface area contributed by atoms with E-state index in [4.69, 9.17) is 34.8 Å². The summed E-state index contributed by atoms with van der Waals surface area (Å²) in [5, 5.41) is 2.90. The third-order valence-electron chi connectivity index (χ3n) is 3.57. The zero-order chi connectivity index (χ0) is 19.5. The molecular weight excluding hydrogens is 421 g/mol. The molecule has 2 aromatic rings. The zero-order valence-corrected chi connectivity index (χ0v) is 17.0. The van der Waals surface area contributed by atoms with Gasteiger partial charge >= 0.3 is 0 Å². The van der Waals surface area contributed by atoms with Crippen molar-refractivity contribution in [3.8, 4) is 0 Å². The van der Waals surface area contributed by atoms with Gasteiger partial charge in [0.05, 0.1) is 15.6 Å². The first-order valence-electron chi connectivity index (χ1n) is 7.62. The van der Waals surface area contributed by atoms with Crippen LogP contribution in [0, 0.1) is 0 Å². The molecule has 1 aromatic heterocycles. The number of nitrogens with zero attached hydrogens (tertiary/aromatic N) is 2. The molecule has 26 heavy (non-hydrogen) atoms. The predicted octanol–water partition coefficient (Wildman–Crippen LogP) is 4.32. The molecule has 1 aromatic carbocycles. The summed E-state index contributed by atoms with van der Waals surface area (Å²) in [5.41, 5.74) is 0.457. The van der Waals surface area contributed by atoms with Crippen LogP contribution in [0.3, 0.4) is 0 Å². The number of pyridine rings is 1. The van der Waals surface area contributed by atoms with Crippen LogP contribution in [0.4, 0.5) is 5.69 Å². The van der Waals surface area contributed by atoms with Crippen LogP contribution in [0.2, 0.25) is 15.2 Å². The van der Waals surface area contributed by atoms with Gasteiger partial charge in [0.2, 0.25) is 10.0 Å². The molecule has 1 N–H and O–H groups in total. The second kappa shape index (κ2) is 8.54. The van der Waals surface area contributed by atoms with Crippen molar-refractivity contribution in [2.75, 3.05) is 18.4 Å². The summed E-state index contributed by atoms with van der Waals surface area (Å²) in [6.45, 7) is 4.08. The lowest BCUT2D eigenvalue weighted by atomic mass is 10.2. The number of sulfonamides is 1. The van der Waals surface area contributed by atoms with Crippen molar-refractivity contribution in [2.45, 2.75) is 18.7 Å². The van der Waals surface area contributed by atoms with E-state index in [1.165, 1.54) is 34.8 Å². The van der Waals surface area contributed by atoms with Crippen LogP contribution in [0.1, 0.15) is 24.2 Å². The molecule has 0 atom stereocenters. The number of aromatic nitrogens is 1. The van der Waals surface area contributed by atoms with Crippen LogP contribution < -0.4 is 5.32 Å². The lowest BCUT2D eigenvalue weighted by Crippen LogP contribution is -2.30. The Labute approximate surface area is 167 Å². The quantitative estimate of drug-likeness (QED) is 0.684. The van der Waals surface area contributed by atoms with Crippen molar-refractivity contribution in [1.82, 2.24) is 9.29 Å². The number of halogens is 3. The fourth-order valence-electron chi connectivity index (χ4n) is 2.23. The van der Waals surface area contributed by atoms with Gasteiger partial charge in [-0.3, -0.25) is 4.79 Å². The van der Waals surface area contributed by atoms with E-state index in [1.807, 2.05) is 0 Å². The molecule has 0 fully saturated rings. The number of carbonyl (C=O) groups is 1. The Balaban J connectivity index is 2.35. The molecule has 0 aliphatic carbocycles. The van der Waals surface area contributed by atoms with E-state index in [-0.39, 0.29) is 31.3 Å². The lowest BCUT2D eigenvalue weighted by molar-refractivity contribution is 0.102. The Morgan fingerprint density at radius 2 is 1.77 bits per heavy atom. The Bertz CT molecular complexity index is 932. The summed E-state index contributed by atoms with van der Waals surface area (Å²) >= 11 is 17.7. The average Bonchev–Trinajstić information content (AvgIpc) is 2.59. The van der Waals surface area contributed by atoms with Crippen molar-refractivity contribution in [3.63, 3.8) is 0 Å². The number of amides is 1. The van der Waals surface area contributed by atoms with Crippen LogP contribution in [0.5, 0.6) is 0 Å². The smallest absolute Gasteiger partial charge is 0.257 e. The first-order valence-corrected chi connectivity index (χ1v) is 10.2. The van der Waals surface area contributed by atoms with Crippen LogP contribution >= 0.6 is 34.8 Å². The van der Waals surface area contributed by atoms with E-state index < -0.39 is 15.9 Å². The predicted molar refractivity (Wildman–Crippen MR) is 104 cm³/mol. The molecule has 2 rings (SSSR count). The number of carbonyl (C=O) groups excluding carboxylic acids is 1. The number of hydrogen-bond donors (Lipinski definition) is 1. The van der Waals surface area contributed by atoms with Crippen LogP contribution in [-0.4, -0.2) is 36.7 Å². The molecule has 10 heteroatoms. The summed E-state index contributed by atoms with van der Waals surface area (Å²) in [6, 6.07) is 5.61. The molecule has 0 aliphatic rings. The number of nitrogens with one attached hydrogen (secondary N) is 1. The fourth-order valence-corrected chi connectivity index (χ4v) is 4.46. The summed E-state index contributed by atoms with van der Waals surface area (Å²) in [5.74, 6) is -0.510. The highest BCUT2D eigenvalue weighted by Gasteiger charge is 2.25. The van der Waals surface area contributed by atoms with Crippen molar-refractivity contribution < 1.29 is 13.2 Å². The minimum absolute atomic E-state index is 0.0751. The van der Waals surface area contributed by atoms with Gasteiger partial charge in [-0.05, 0) is 24.3 Å². The van der Waals surface area contributed by atoms with Crippen LogP contribution in [0.25, 0.3) is 0 Å². The van der Waals surface area contributed by atoms with E-state index in [1.54, 1.807) is 13.8 Å². The van der Waals surface area contributed by atoms with Crippen molar-refractivity contribution in [2.24, 2.45) is 0 Å². The molecule has 0 saturated heterocycles. The molecular formula is C16H16Cl3N3O3S. The molecule has 0 saturated carbocycles. The summed E-state index contributed by atoms with van der Waals surface area (Å²) in [7, 11) is -3.77. The van der Waals surface area contributed by atoms with Gasteiger partial charge in [-0.1, -0.05) is 48.7 Å². The molecule has 140 valence electrons. The molecule has 1 amide bonds. The molecule has 0 bridgehead atoms. The van der Waals surface area contributed by atoms with Gasteiger partial charge in [0.1, 0.15) is 10.0 Å². The standard InChI is InChI=1S/C16H16Cl3N3O3S/c1-3-22(4-2)26(24,25)14-8-11(5-6-12(14)17)21-16(23)10-7-13(18)15(19)20-9-10/h5-9H,3-4H2,1-2H3,(H,21,23). The Morgan fingerprint density at radius 3 is 2.35 bits per heavy atom. The second-order valence-corrected chi connectivity index (χ2v) is 8.26. The largest absolute Gasteiger partial charge is 0.322 e. The monoisotopic (exact) mass is 435 g/mol. The van der Waals surface area contributed by atoms with Crippen molar-refractivity contribution in [1.29, 1.82) is 0 Å². The van der Waals surface area contributed by atoms with E-state index in [9.17, 15) is 13.2 Å². The summed E-state index contributed by atoms with van der Waals surface area (Å²) in [4.78, 5) is 16.1. The van der Waals surface area contributed by atoms with Gasteiger partial charge in [-0.2, -0.15) is 4.31 Å². The first kappa shape index (κ1) is 20.9. The zero-order valence-electron chi connectivity index (χ0n) is 14.0. The maximum atomic E-state index is 12.7. The highest BCUT2D eigenvalue weighted by molar-refractivity contribution is 7.89. The second-order valence-electron chi connectivity index (χ2n) is 5.19. The van der Waals surface area contributed by atoms with E-state index in [0.29, 0.717) is 13.1 Å². The van der Waals surface area contributed by atoms with Crippen LogP contribution in [0.15, 0.2) is 35.4 Å². The molecule has 1 heterocycles. The molecule has 0 aliphatic heterocycles. The van der Waals surface area contributed by atoms with Crippen molar-refractivity contribution in [3.05, 3.63) is 51.2 Å². The topological polar surface area (TPSA) is 79.4 Å². The summed E-state index contributed by atoms with van der Waals surface area (Å²) < 4.78 is 26.7. The van der Waals surface area contributed by atoms with Gasteiger partial charge in [-0.25, -0.2) is 13.4 Å². The minimum Gasteiger partial charge on any atom is -0.322 e. The van der Waals surface area contributed by atoms with Gasteiger partial charge in [0, 0.05) is 25.0 Å². The molecule has 0 unspecified atom stereocenters.